The number of rotatable bonds is 58. The third-order valence-corrected chi connectivity index (χ3v) is 17.5. The van der Waals surface area contributed by atoms with Crippen LogP contribution in [0.15, 0.2) is 12.2 Å². The molecule has 0 aromatic rings. The number of nitrogens with one attached hydrogen (secondary N) is 1. The zero-order valence-electron chi connectivity index (χ0n) is 52.8. The van der Waals surface area contributed by atoms with Gasteiger partial charge in [-0.05, 0) is 38.5 Å². The van der Waals surface area contributed by atoms with Gasteiger partial charge in [-0.25, -0.2) is 0 Å². The van der Waals surface area contributed by atoms with E-state index in [1.807, 2.05) is 0 Å². The smallest absolute Gasteiger partial charge is 0.220 e. The standard InChI is InChI=1S/C68H131NO13/c1-3-5-7-9-11-13-15-17-19-21-23-25-26-27-28-29-30-32-33-35-37-39-41-43-45-47-49-51-57(72)56(55-79-67-65(78)63(76)66(59(54-71)81-67)82-68-64(77)62(75)61(74)58(53-70)80-68)69-60(73)52-50-48-46-44-42-40-38-36-34-31-24-22-20-18-16-14-12-10-8-6-4-2/h22,24,56-59,61-68,70-72,74-78H,3-21,23,25-55H2,1-2H3,(H,69,73)/b24-22-. The summed E-state index contributed by atoms with van der Waals surface area (Å²) in [5.41, 5.74) is 0. The lowest BCUT2D eigenvalue weighted by Gasteiger charge is -2.46. The van der Waals surface area contributed by atoms with Gasteiger partial charge >= 0.3 is 0 Å². The molecule has 14 nitrogen and oxygen atoms in total. The zero-order chi connectivity index (χ0) is 59.5. The fourth-order valence-corrected chi connectivity index (χ4v) is 11.9. The number of unbranched alkanes of at least 4 members (excludes halogenated alkanes) is 43. The van der Waals surface area contributed by atoms with Gasteiger partial charge < -0.3 is 65.1 Å². The van der Waals surface area contributed by atoms with E-state index in [-0.39, 0.29) is 12.5 Å². The summed E-state index contributed by atoms with van der Waals surface area (Å²) in [4.78, 5) is 13.3. The maximum Gasteiger partial charge on any atom is 0.220 e. The minimum absolute atomic E-state index is 0.203. The van der Waals surface area contributed by atoms with E-state index < -0.39 is 86.8 Å². The van der Waals surface area contributed by atoms with Crippen LogP contribution >= 0.6 is 0 Å². The average molecular weight is 1170 g/mol. The van der Waals surface area contributed by atoms with E-state index in [0.717, 1.165) is 51.4 Å². The van der Waals surface area contributed by atoms with Crippen LogP contribution in [0.5, 0.6) is 0 Å². The van der Waals surface area contributed by atoms with E-state index in [2.05, 4.69) is 31.3 Å². The van der Waals surface area contributed by atoms with Crippen LogP contribution in [0.2, 0.25) is 0 Å². The molecule has 486 valence electrons. The van der Waals surface area contributed by atoms with E-state index in [9.17, 15) is 45.6 Å². The minimum Gasteiger partial charge on any atom is -0.394 e. The fourth-order valence-electron chi connectivity index (χ4n) is 11.9. The Morgan fingerprint density at radius 1 is 0.427 bits per heavy atom. The largest absolute Gasteiger partial charge is 0.394 e. The number of ether oxygens (including phenoxy) is 4. The molecule has 1 amide bonds. The highest BCUT2D eigenvalue weighted by atomic mass is 16.7. The predicted molar refractivity (Wildman–Crippen MR) is 332 cm³/mol. The lowest BCUT2D eigenvalue weighted by atomic mass is 9.97. The summed E-state index contributed by atoms with van der Waals surface area (Å²) in [6.45, 7) is 2.91. The van der Waals surface area contributed by atoms with Gasteiger partial charge in [0, 0.05) is 6.42 Å². The van der Waals surface area contributed by atoms with Gasteiger partial charge in [0.2, 0.25) is 5.91 Å². The molecular weight excluding hydrogens is 1040 g/mol. The number of hydrogen-bond donors (Lipinski definition) is 9. The van der Waals surface area contributed by atoms with E-state index in [1.165, 1.54) is 244 Å². The molecule has 0 aromatic carbocycles. The van der Waals surface area contributed by atoms with E-state index >= 15 is 0 Å². The lowest BCUT2D eigenvalue weighted by Crippen LogP contribution is -2.65. The summed E-state index contributed by atoms with van der Waals surface area (Å²) in [6.07, 6.45) is 47.9. The SMILES string of the molecule is CCCCCCCCCC/C=C\CCCCCCCCCCCC(=O)NC(COC1OC(CO)C(OC2OC(CO)C(O)C(O)C2O)C(O)C1O)C(O)CCCCCCCCCCCCCCCCCCCCCCCCCCCCC. The summed E-state index contributed by atoms with van der Waals surface area (Å²) in [5, 5.41) is 87.6. The van der Waals surface area contributed by atoms with Gasteiger partial charge in [-0.3, -0.25) is 4.79 Å². The Bertz CT molecular complexity index is 1420. The van der Waals surface area contributed by atoms with Crippen LogP contribution < -0.4 is 5.32 Å². The van der Waals surface area contributed by atoms with Gasteiger partial charge in [-0.2, -0.15) is 0 Å². The number of carbonyl (C=O) groups excluding carboxylic acids is 1. The van der Waals surface area contributed by atoms with Crippen LogP contribution in [0.1, 0.15) is 322 Å². The molecule has 12 atom stereocenters. The number of hydrogen-bond acceptors (Lipinski definition) is 13. The molecule has 0 spiro atoms. The molecule has 12 unspecified atom stereocenters. The Kier molecular flexibility index (Phi) is 50.5. The molecule has 0 saturated carbocycles. The highest BCUT2D eigenvalue weighted by Crippen LogP contribution is 2.30. The van der Waals surface area contributed by atoms with Gasteiger partial charge in [-0.15, -0.1) is 0 Å². The van der Waals surface area contributed by atoms with Gasteiger partial charge in [0.25, 0.3) is 0 Å². The summed E-state index contributed by atoms with van der Waals surface area (Å²) in [5.74, 6) is -0.203. The van der Waals surface area contributed by atoms with Crippen LogP contribution in [0, 0.1) is 0 Å². The monoisotopic (exact) mass is 1170 g/mol. The van der Waals surface area contributed by atoms with Crippen molar-refractivity contribution in [3.05, 3.63) is 12.2 Å². The Hall–Kier alpha value is -1.27. The summed E-state index contributed by atoms with van der Waals surface area (Å²) >= 11 is 0. The molecule has 2 fully saturated rings. The van der Waals surface area contributed by atoms with Crippen molar-refractivity contribution in [2.45, 2.75) is 396 Å². The number of aliphatic hydroxyl groups is 8. The normalized spacial score (nSPS) is 23.9. The summed E-state index contributed by atoms with van der Waals surface area (Å²) in [7, 11) is 0. The summed E-state index contributed by atoms with van der Waals surface area (Å²) < 4.78 is 22.9. The molecule has 2 saturated heterocycles. The molecule has 2 aliphatic rings. The Morgan fingerprint density at radius 2 is 0.768 bits per heavy atom. The molecule has 0 bridgehead atoms. The summed E-state index contributed by atoms with van der Waals surface area (Å²) in [6, 6.07) is -0.828. The minimum atomic E-state index is -1.78. The first-order valence-electron chi connectivity index (χ1n) is 34.9. The van der Waals surface area contributed by atoms with Crippen molar-refractivity contribution < 1.29 is 64.6 Å². The molecule has 2 heterocycles. The van der Waals surface area contributed by atoms with E-state index in [0.29, 0.717) is 12.8 Å². The number of aliphatic hydroxyl groups excluding tert-OH is 8. The topological polar surface area (TPSA) is 228 Å². The second-order valence-corrected chi connectivity index (χ2v) is 25.0. The Labute approximate surface area is 501 Å². The predicted octanol–water partition coefficient (Wildman–Crippen LogP) is 13.8. The second kappa shape index (κ2) is 53.9. The number of allylic oxidation sites excluding steroid dienone is 2. The molecule has 82 heavy (non-hydrogen) atoms. The first kappa shape index (κ1) is 76.8. The van der Waals surface area contributed by atoms with Crippen LogP contribution in [-0.4, -0.2) is 140 Å². The fraction of sp³-hybridized carbons (Fsp3) is 0.956. The molecular formula is C68H131NO13. The average Bonchev–Trinajstić information content (AvgIpc) is 3.66. The number of carbonyl (C=O) groups is 1. The van der Waals surface area contributed by atoms with Crippen molar-refractivity contribution in [2.24, 2.45) is 0 Å². The highest BCUT2D eigenvalue weighted by Gasteiger charge is 2.51. The van der Waals surface area contributed by atoms with Crippen molar-refractivity contribution in [2.75, 3.05) is 19.8 Å². The molecule has 0 radical (unpaired) electrons. The third-order valence-electron chi connectivity index (χ3n) is 17.5. The highest BCUT2D eigenvalue weighted by molar-refractivity contribution is 5.76. The maximum atomic E-state index is 13.3. The zero-order valence-corrected chi connectivity index (χ0v) is 52.8. The van der Waals surface area contributed by atoms with E-state index in [1.54, 1.807) is 0 Å². The van der Waals surface area contributed by atoms with Crippen LogP contribution in [0.4, 0.5) is 0 Å². The third kappa shape index (κ3) is 38.1. The van der Waals surface area contributed by atoms with Crippen molar-refractivity contribution in [3.63, 3.8) is 0 Å². The molecule has 2 rings (SSSR count). The van der Waals surface area contributed by atoms with Gasteiger partial charge in [-0.1, -0.05) is 289 Å². The van der Waals surface area contributed by atoms with E-state index in [4.69, 9.17) is 18.9 Å². The van der Waals surface area contributed by atoms with Crippen LogP contribution in [-0.2, 0) is 23.7 Å². The van der Waals surface area contributed by atoms with Crippen LogP contribution in [0.3, 0.4) is 0 Å². The van der Waals surface area contributed by atoms with Crippen molar-refractivity contribution >= 4 is 5.91 Å². The van der Waals surface area contributed by atoms with Gasteiger partial charge in [0.1, 0.15) is 48.8 Å². The molecule has 0 aliphatic carbocycles. The van der Waals surface area contributed by atoms with Crippen LogP contribution in [0.25, 0.3) is 0 Å². The first-order chi connectivity index (χ1) is 40.1. The molecule has 2 aliphatic heterocycles. The Balaban J connectivity index is 1.67. The Morgan fingerprint density at radius 3 is 1.16 bits per heavy atom. The van der Waals surface area contributed by atoms with Crippen molar-refractivity contribution in [1.29, 1.82) is 0 Å². The lowest BCUT2D eigenvalue weighted by molar-refractivity contribution is -0.359. The number of amides is 1. The van der Waals surface area contributed by atoms with Crippen molar-refractivity contribution in [3.8, 4) is 0 Å². The van der Waals surface area contributed by atoms with Gasteiger partial charge in [0.15, 0.2) is 12.6 Å². The first-order valence-corrected chi connectivity index (χ1v) is 34.9. The molecule has 9 N–H and O–H groups in total. The maximum absolute atomic E-state index is 13.3. The molecule has 14 heteroatoms. The van der Waals surface area contributed by atoms with Crippen molar-refractivity contribution in [1.82, 2.24) is 5.32 Å². The molecule has 0 aromatic heterocycles. The van der Waals surface area contributed by atoms with Gasteiger partial charge in [0.05, 0.1) is 32.0 Å². The second-order valence-electron chi connectivity index (χ2n) is 25.0. The quantitative estimate of drug-likeness (QED) is 0.0204.